The lowest BCUT2D eigenvalue weighted by atomic mass is 9.93. The van der Waals surface area contributed by atoms with Crippen molar-refractivity contribution >= 4 is 34.6 Å². The standard InChI is InChI=1S/C28H24ClN3O4/c1-15(2)22-12-17(14-30)13-23-25(22)36-27(31-23)20-6-4-19(5-7-20)26(33)32-24(28(34)35)16(3)18-8-10-21(29)11-9-18/h4-13,15-16,24H,1-3H3,(H,32,33)(H,34,35)/t16?,24-/m0/s1. The molecule has 7 nitrogen and oxygen atoms in total. The van der Waals surface area contributed by atoms with E-state index in [-0.39, 0.29) is 5.92 Å². The number of oxazole rings is 1. The van der Waals surface area contributed by atoms with E-state index >= 15 is 0 Å². The number of hydrogen-bond donors (Lipinski definition) is 2. The molecule has 4 aromatic rings. The minimum absolute atomic E-state index is 0.144. The minimum atomic E-state index is -1.13. The predicted molar refractivity (Wildman–Crippen MR) is 137 cm³/mol. The summed E-state index contributed by atoms with van der Waals surface area (Å²) in [4.78, 5) is 29.3. The molecule has 1 amide bonds. The number of carbonyl (C=O) groups excluding carboxylic acids is 1. The van der Waals surface area contributed by atoms with Gasteiger partial charge in [-0.1, -0.05) is 44.5 Å². The molecule has 0 fully saturated rings. The van der Waals surface area contributed by atoms with E-state index in [0.29, 0.717) is 38.7 Å². The normalized spacial score (nSPS) is 12.8. The summed E-state index contributed by atoms with van der Waals surface area (Å²) < 4.78 is 6.02. The second kappa shape index (κ2) is 10.2. The number of aliphatic carboxylic acids is 1. The van der Waals surface area contributed by atoms with Crippen molar-refractivity contribution in [2.24, 2.45) is 0 Å². The number of carboxylic acids is 1. The van der Waals surface area contributed by atoms with Gasteiger partial charge in [-0.2, -0.15) is 5.26 Å². The summed E-state index contributed by atoms with van der Waals surface area (Å²) in [7, 11) is 0. The number of rotatable bonds is 7. The van der Waals surface area contributed by atoms with Crippen molar-refractivity contribution in [2.75, 3.05) is 0 Å². The molecule has 0 aliphatic heterocycles. The van der Waals surface area contributed by atoms with Gasteiger partial charge in [-0.25, -0.2) is 9.78 Å². The van der Waals surface area contributed by atoms with Gasteiger partial charge in [0, 0.05) is 27.6 Å². The Morgan fingerprint density at radius 2 is 1.72 bits per heavy atom. The Balaban J connectivity index is 1.56. The molecule has 0 saturated carbocycles. The summed E-state index contributed by atoms with van der Waals surface area (Å²) in [5, 5.41) is 22.2. The van der Waals surface area contributed by atoms with Crippen molar-refractivity contribution < 1.29 is 19.1 Å². The third-order valence-electron chi connectivity index (χ3n) is 6.11. The fraction of sp³-hybridized carbons (Fsp3) is 0.214. The van der Waals surface area contributed by atoms with Gasteiger partial charge in [0.05, 0.1) is 11.6 Å². The lowest BCUT2D eigenvalue weighted by Crippen LogP contribution is -2.44. The maximum atomic E-state index is 12.9. The highest BCUT2D eigenvalue weighted by Gasteiger charge is 2.28. The molecule has 8 heteroatoms. The average Bonchev–Trinajstić information content (AvgIpc) is 3.30. The monoisotopic (exact) mass is 501 g/mol. The number of fused-ring (bicyclic) bond motifs is 1. The molecule has 36 heavy (non-hydrogen) atoms. The highest BCUT2D eigenvalue weighted by molar-refractivity contribution is 6.30. The Bertz CT molecular complexity index is 1470. The van der Waals surface area contributed by atoms with Crippen molar-refractivity contribution in [1.82, 2.24) is 10.3 Å². The quantitative estimate of drug-likeness (QED) is 0.314. The van der Waals surface area contributed by atoms with Crippen LogP contribution in [0.15, 0.2) is 65.1 Å². The largest absolute Gasteiger partial charge is 0.480 e. The molecule has 4 rings (SSSR count). The van der Waals surface area contributed by atoms with Crippen LogP contribution in [0.4, 0.5) is 0 Å². The zero-order chi connectivity index (χ0) is 26.0. The van der Waals surface area contributed by atoms with Crippen LogP contribution in [0.1, 0.15) is 59.7 Å². The van der Waals surface area contributed by atoms with Gasteiger partial charge in [-0.3, -0.25) is 4.79 Å². The summed E-state index contributed by atoms with van der Waals surface area (Å²) in [6.07, 6.45) is 0. The second-order valence-corrected chi connectivity index (χ2v) is 9.34. The molecular formula is C28H24ClN3O4. The Labute approximate surface area is 213 Å². The number of benzene rings is 3. The fourth-order valence-corrected chi connectivity index (χ4v) is 4.15. The lowest BCUT2D eigenvalue weighted by Gasteiger charge is -2.22. The number of hydrogen-bond acceptors (Lipinski definition) is 5. The van der Waals surface area contributed by atoms with Gasteiger partial charge >= 0.3 is 5.97 Å². The van der Waals surface area contributed by atoms with Crippen molar-refractivity contribution in [2.45, 2.75) is 38.6 Å². The molecule has 0 radical (unpaired) electrons. The molecule has 1 heterocycles. The van der Waals surface area contributed by atoms with Gasteiger partial charge in [0.25, 0.3) is 5.91 Å². The summed E-state index contributed by atoms with van der Waals surface area (Å²) in [6.45, 7) is 5.77. The van der Waals surface area contributed by atoms with Crippen molar-refractivity contribution in [3.05, 3.63) is 87.9 Å². The van der Waals surface area contributed by atoms with Crippen LogP contribution < -0.4 is 5.32 Å². The highest BCUT2D eigenvalue weighted by Crippen LogP contribution is 2.31. The van der Waals surface area contributed by atoms with Crippen LogP contribution in [0.2, 0.25) is 5.02 Å². The lowest BCUT2D eigenvalue weighted by molar-refractivity contribution is -0.139. The molecule has 1 unspecified atom stereocenters. The Kier molecular flexibility index (Phi) is 7.09. The van der Waals surface area contributed by atoms with Crippen molar-refractivity contribution in [3.8, 4) is 17.5 Å². The topological polar surface area (TPSA) is 116 Å². The van der Waals surface area contributed by atoms with Gasteiger partial charge < -0.3 is 14.8 Å². The zero-order valence-corrected chi connectivity index (χ0v) is 20.7. The molecule has 0 saturated heterocycles. The molecule has 0 spiro atoms. The van der Waals surface area contributed by atoms with Crippen molar-refractivity contribution in [3.63, 3.8) is 0 Å². The van der Waals surface area contributed by atoms with Crippen LogP contribution in [-0.2, 0) is 4.79 Å². The van der Waals surface area contributed by atoms with Crippen LogP contribution in [-0.4, -0.2) is 28.0 Å². The maximum absolute atomic E-state index is 12.9. The van der Waals surface area contributed by atoms with Gasteiger partial charge in [0.2, 0.25) is 5.89 Å². The van der Waals surface area contributed by atoms with Gasteiger partial charge in [0.1, 0.15) is 11.6 Å². The fourth-order valence-electron chi connectivity index (χ4n) is 4.02. The van der Waals surface area contributed by atoms with E-state index in [1.165, 1.54) is 0 Å². The van der Waals surface area contributed by atoms with Gasteiger partial charge in [-0.15, -0.1) is 0 Å². The van der Waals surface area contributed by atoms with E-state index in [9.17, 15) is 20.0 Å². The number of halogens is 1. The van der Waals surface area contributed by atoms with E-state index in [1.54, 1.807) is 67.6 Å². The summed E-state index contributed by atoms with van der Waals surface area (Å²) in [5.41, 5.74) is 4.33. The molecule has 2 N–H and O–H groups in total. The molecule has 182 valence electrons. The number of aromatic nitrogens is 1. The number of nitrogens with zero attached hydrogens (tertiary/aromatic N) is 2. The molecular weight excluding hydrogens is 478 g/mol. The smallest absolute Gasteiger partial charge is 0.326 e. The average molecular weight is 502 g/mol. The number of carbonyl (C=O) groups is 2. The number of amides is 1. The van der Waals surface area contributed by atoms with Crippen LogP contribution in [0.5, 0.6) is 0 Å². The maximum Gasteiger partial charge on any atom is 0.326 e. The van der Waals surface area contributed by atoms with Crippen LogP contribution in [0.3, 0.4) is 0 Å². The first-order valence-corrected chi connectivity index (χ1v) is 11.8. The van der Waals surface area contributed by atoms with Gasteiger partial charge in [0.15, 0.2) is 5.58 Å². The molecule has 0 aliphatic carbocycles. The minimum Gasteiger partial charge on any atom is -0.480 e. The van der Waals surface area contributed by atoms with Crippen molar-refractivity contribution in [1.29, 1.82) is 5.26 Å². The molecule has 2 atom stereocenters. The Morgan fingerprint density at radius 1 is 1.06 bits per heavy atom. The zero-order valence-electron chi connectivity index (χ0n) is 19.9. The third-order valence-corrected chi connectivity index (χ3v) is 6.36. The summed E-state index contributed by atoms with van der Waals surface area (Å²) >= 11 is 5.93. The van der Waals surface area contributed by atoms with E-state index in [0.717, 1.165) is 11.1 Å². The first kappa shape index (κ1) is 25.0. The number of nitrogens with one attached hydrogen (secondary N) is 1. The first-order valence-electron chi connectivity index (χ1n) is 11.4. The van der Waals surface area contributed by atoms with E-state index in [2.05, 4.69) is 16.4 Å². The van der Waals surface area contributed by atoms with Crippen LogP contribution >= 0.6 is 11.6 Å². The van der Waals surface area contributed by atoms with E-state index in [1.807, 2.05) is 13.8 Å². The van der Waals surface area contributed by atoms with Crippen LogP contribution in [0, 0.1) is 11.3 Å². The molecule has 0 bridgehead atoms. The second-order valence-electron chi connectivity index (χ2n) is 8.91. The molecule has 0 aliphatic rings. The Hall–Kier alpha value is -4.15. The number of nitriles is 1. The van der Waals surface area contributed by atoms with Gasteiger partial charge in [-0.05, 0) is 60.0 Å². The number of carboxylic acid groups (broad SMARTS) is 1. The first-order chi connectivity index (χ1) is 17.2. The van der Waals surface area contributed by atoms with Crippen LogP contribution in [0.25, 0.3) is 22.6 Å². The third kappa shape index (κ3) is 5.09. The molecule has 3 aromatic carbocycles. The predicted octanol–water partition coefficient (Wildman–Crippen LogP) is 6.13. The molecule has 1 aromatic heterocycles. The van der Waals surface area contributed by atoms with E-state index in [4.69, 9.17) is 16.0 Å². The SMILES string of the molecule is CC(C)c1cc(C#N)cc2nc(-c3ccc(C(=O)N[C@H](C(=O)O)C(C)c4ccc(Cl)cc4)cc3)oc12. The summed E-state index contributed by atoms with van der Waals surface area (Å²) in [5.74, 6) is -1.60. The van der Waals surface area contributed by atoms with E-state index < -0.39 is 23.8 Å². The highest BCUT2D eigenvalue weighted by atomic mass is 35.5. The summed E-state index contributed by atoms with van der Waals surface area (Å²) in [6, 6.07) is 17.9. The Morgan fingerprint density at radius 3 is 2.31 bits per heavy atom.